The van der Waals surface area contributed by atoms with E-state index in [9.17, 15) is 0 Å². The Morgan fingerprint density at radius 3 is 2.14 bits per heavy atom. The number of aromatic nitrogens is 1. The van der Waals surface area contributed by atoms with E-state index in [4.69, 9.17) is 9.47 Å². The lowest BCUT2D eigenvalue weighted by Gasteiger charge is -2.27. The molecule has 0 N–H and O–H groups in total. The summed E-state index contributed by atoms with van der Waals surface area (Å²) in [6.45, 7) is 5.03. The van der Waals surface area contributed by atoms with Crippen molar-refractivity contribution in [1.82, 2.24) is 9.88 Å². The van der Waals surface area contributed by atoms with Crippen LogP contribution in [0.15, 0.2) is 24.5 Å². The summed E-state index contributed by atoms with van der Waals surface area (Å²) in [6.07, 6.45) is 10.5. The summed E-state index contributed by atoms with van der Waals surface area (Å²) in [5.41, 5.74) is 1.36. The first-order chi connectivity index (χ1) is 10.4. The zero-order chi connectivity index (χ0) is 14.3. The summed E-state index contributed by atoms with van der Waals surface area (Å²) in [5.74, 6) is 0. The summed E-state index contributed by atoms with van der Waals surface area (Å²) in [6, 6.07) is 4.21. The fourth-order valence-electron chi connectivity index (χ4n) is 3.25. The Morgan fingerprint density at radius 2 is 1.62 bits per heavy atom. The standard InChI is InChI=1S/C17H26N2O2/c1-3-16(20-11-1)13-19(14-17-4-2-12-21-17)10-7-15-5-8-18-9-6-15/h5-6,8-9,16-17H,1-4,7,10-14H2/t16-,17+. The van der Waals surface area contributed by atoms with Crippen molar-refractivity contribution in [3.63, 3.8) is 0 Å². The predicted molar refractivity (Wildman–Crippen MR) is 82.3 cm³/mol. The Kier molecular flexibility index (Phi) is 5.60. The molecule has 0 saturated carbocycles. The molecule has 0 spiro atoms. The van der Waals surface area contributed by atoms with Gasteiger partial charge in [-0.25, -0.2) is 0 Å². The van der Waals surface area contributed by atoms with Crippen molar-refractivity contribution in [2.45, 2.75) is 44.3 Å². The molecule has 0 unspecified atom stereocenters. The lowest BCUT2D eigenvalue weighted by Crippen LogP contribution is -2.39. The number of hydrogen-bond donors (Lipinski definition) is 0. The molecule has 116 valence electrons. The van der Waals surface area contributed by atoms with Crippen LogP contribution >= 0.6 is 0 Å². The van der Waals surface area contributed by atoms with Gasteiger partial charge < -0.3 is 9.47 Å². The van der Waals surface area contributed by atoms with Gasteiger partial charge in [0.25, 0.3) is 0 Å². The van der Waals surface area contributed by atoms with Crippen LogP contribution in [0, 0.1) is 0 Å². The Balaban J connectivity index is 1.52. The van der Waals surface area contributed by atoms with Crippen molar-refractivity contribution in [2.75, 3.05) is 32.8 Å². The maximum absolute atomic E-state index is 5.81. The summed E-state index contributed by atoms with van der Waals surface area (Å²) in [5, 5.41) is 0. The van der Waals surface area contributed by atoms with Gasteiger partial charge in [-0.15, -0.1) is 0 Å². The second-order valence-electron chi connectivity index (χ2n) is 6.14. The highest BCUT2D eigenvalue weighted by Gasteiger charge is 2.23. The molecule has 4 nitrogen and oxygen atoms in total. The minimum absolute atomic E-state index is 0.420. The second kappa shape index (κ2) is 7.87. The van der Waals surface area contributed by atoms with Crippen LogP contribution < -0.4 is 0 Å². The summed E-state index contributed by atoms with van der Waals surface area (Å²) in [7, 11) is 0. The molecule has 2 saturated heterocycles. The molecule has 3 rings (SSSR count). The van der Waals surface area contributed by atoms with E-state index in [0.29, 0.717) is 12.2 Å². The molecule has 0 aromatic carbocycles. The second-order valence-corrected chi connectivity index (χ2v) is 6.14. The van der Waals surface area contributed by atoms with Crippen LogP contribution in [0.3, 0.4) is 0 Å². The Hall–Kier alpha value is -0.970. The number of ether oxygens (including phenoxy) is 2. The normalized spacial score (nSPS) is 25.8. The third-order valence-electron chi connectivity index (χ3n) is 4.44. The third-order valence-corrected chi connectivity index (χ3v) is 4.44. The highest BCUT2D eigenvalue weighted by molar-refractivity contribution is 5.09. The molecule has 2 aliphatic heterocycles. The lowest BCUT2D eigenvalue weighted by molar-refractivity contribution is 0.0380. The summed E-state index contributed by atoms with van der Waals surface area (Å²) >= 11 is 0. The molecule has 21 heavy (non-hydrogen) atoms. The SMILES string of the molecule is c1cc(CCN(C[C@H]2CCCO2)C[C@@H]2CCCO2)ccn1. The smallest absolute Gasteiger partial charge is 0.0702 e. The average Bonchev–Trinajstić information content (AvgIpc) is 3.20. The van der Waals surface area contributed by atoms with Gasteiger partial charge in [0.1, 0.15) is 0 Å². The van der Waals surface area contributed by atoms with Crippen molar-refractivity contribution < 1.29 is 9.47 Å². The van der Waals surface area contributed by atoms with E-state index >= 15 is 0 Å². The molecule has 2 atom stereocenters. The molecular weight excluding hydrogens is 264 g/mol. The number of nitrogens with zero attached hydrogens (tertiary/aromatic N) is 2. The van der Waals surface area contributed by atoms with Crippen LogP contribution in [0.2, 0.25) is 0 Å². The minimum atomic E-state index is 0.420. The molecule has 1 aromatic rings. The van der Waals surface area contributed by atoms with E-state index in [1.165, 1.54) is 31.2 Å². The van der Waals surface area contributed by atoms with Crippen molar-refractivity contribution in [3.05, 3.63) is 30.1 Å². The molecular formula is C17H26N2O2. The van der Waals surface area contributed by atoms with Gasteiger partial charge in [0, 0.05) is 45.2 Å². The number of hydrogen-bond acceptors (Lipinski definition) is 4. The van der Waals surface area contributed by atoms with Gasteiger partial charge in [-0.05, 0) is 49.8 Å². The predicted octanol–water partition coefficient (Wildman–Crippen LogP) is 2.28. The highest BCUT2D eigenvalue weighted by atomic mass is 16.5. The first kappa shape index (κ1) is 14.9. The average molecular weight is 290 g/mol. The highest BCUT2D eigenvalue weighted by Crippen LogP contribution is 2.17. The van der Waals surface area contributed by atoms with Gasteiger partial charge >= 0.3 is 0 Å². The molecule has 0 bridgehead atoms. The van der Waals surface area contributed by atoms with Crippen LogP contribution in [0.4, 0.5) is 0 Å². The van der Waals surface area contributed by atoms with Gasteiger partial charge in [0.2, 0.25) is 0 Å². The molecule has 2 fully saturated rings. The van der Waals surface area contributed by atoms with Gasteiger partial charge in [-0.2, -0.15) is 0 Å². The topological polar surface area (TPSA) is 34.6 Å². The van der Waals surface area contributed by atoms with Crippen molar-refractivity contribution >= 4 is 0 Å². The minimum Gasteiger partial charge on any atom is -0.377 e. The van der Waals surface area contributed by atoms with Crippen molar-refractivity contribution in [3.8, 4) is 0 Å². The van der Waals surface area contributed by atoms with Gasteiger partial charge in [0.15, 0.2) is 0 Å². The maximum atomic E-state index is 5.81. The van der Waals surface area contributed by atoms with Crippen LogP contribution in [0.1, 0.15) is 31.2 Å². The third kappa shape index (κ3) is 4.77. The van der Waals surface area contributed by atoms with E-state index in [0.717, 1.165) is 39.3 Å². The van der Waals surface area contributed by atoms with Crippen molar-refractivity contribution in [2.24, 2.45) is 0 Å². The van der Waals surface area contributed by atoms with E-state index < -0.39 is 0 Å². The summed E-state index contributed by atoms with van der Waals surface area (Å²) < 4.78 is 11.6. The summed E-state index contributed by atoms with van der Waals surface area (Å²) in [4.78, 5) is 6.62. The molecule has 3 heterocycles. The molecule has 4 heteroatoms. The van der Waals surface area contributed by atoms with Crippen LogP contribution in [-0.4, -0.2) is 54.9 Å². The van der Waals surface area contributed by atoms with Gasteiger partial charge in [-0.1, -0.05) is 0 Å². The van der Waals surface area contributed by atoms with E-state index in [-0.39, 0.29) is 0 Å². The molecule has 2 aliphatic rings. The zero-order valence-corrected chi connectivity index (χ0v) is 12.7. The van der Waals surface area contributed by atoms with E-state index in [1.54, 1.807) is 0 Å². The molecule has 1 aromatic heterocycles. The van der Waals surface area contributed by atoms with E-state index in [2.05, 4.69) is 22.0 Å². The van der Waals surface area contributed by atoms with Crippen LogP contribution in [-0.2, 0) is 15.9 Å². The Morgan fingerprint density at radius 1 is 1.00 bits per heavy atom. The number of rotatable bonds is 7. The quantitative estimate of drug-likeness (QED) is 0.771. The Bertz CT molecular complexity index is 383. The monoisotopic (exact) mass is 290 g/mol. The largest absolute Gasteiger partial charge is 0.377 e. The van der Waals surface area contributed by atoms with Gasteiger partial charge in [0.05, 0.1) is 12.2 Å². The van der Waals surface area contributed by atoms with Crippen molar-refractivity contribution in [1.29, 1.82) is 0 Å². The van der Waals surface area contributed by atoms with E-state index in [1.807, 2.05) is 12.4 Å². The molecule has 0 radical (unpaired) electrons. The number of pyridine rings is 1. The lowest BCUT2D eigenvalue weighted by atomic mass is 10.1. The molecule has 0 amide bonds. The first-order valence-electron chi connectivity index (χ1n) is 8.24. The zero-order valence-electron chi connectivity index (χ0n) is 12.7. The Labute approximate surface area is 127 Å². The fourth-order valence-corrected chi connectivity index (χ4v) is 3.25. The van der Waals surface area contributed by atoms with Crippen LogP contribution in [0.25, 0.3) is 0 Å². The van der Waals surface area contributed by atoms with Crippen LogP contribution in [0.5, 0.6) is 0 Å². The van der Waals surface area contributed by atoms with Gasteiger partial charge in [-0.3, -0.25) is 9.88 Å². The molecule has 0 aliphatic carbocycles. The maximum Gasteiger partial charge on any atom is 0.0702 e. The fraction of sp³-hybridized carbons (Fsp3) is 0.706. The first-order valence-corrected chi connectivity index (χ1v) is 8.24.